The Labute approximate surface area is 95.0 Å². The standard InChI is InChI=1S/C11H18N4O/c1-11(2,3)13-10(14-12)8-5-6-15(4)9(16)7-8/h5-7H,12H2,1-4H3,(H,13,14). The van der Waals surface area contributed by atoms with Gasteiger partial charge in [0.1, 0.15) is 5.84 Å². The molecule has 1 aromatic rings. The van der Waals surface area contributed by atoms with E-state index in [1.54, 1.807) is 19.3 Å². The Morgan fingerprint density at radius 3 is 2.56 bits per heavy atom. The Kier molecular flexibility index (Phi) is 3.49. The molecule has 16 heavy (non-hydrogen) atoms. The van der Waals surface area contributed by atoms with E-state index in [1.807, 2.05) is 20.8 Å². The molecule has 88 valence electrons. The van der Waals surface area contributed by atoms with E-state index in [0.717, 1.165) is 0 Å². The van der Waals surface area contributed by atoms with Crippen LogP contribution in [0.5, 0.6) is 0 Å². The molecule has 0 radical (unpaired) electrons. The van der Waals surface area contributed by atoms with Gasteiger partial charge in [-0.15, -0.1) is 0 Å². The maximum Gasteiger partial charge on any atom is 0.250 e. The van der Waals surface area contributed by atoms with E-state index in [9.17, 15) is 4.79 Å². The lowest BCUT2D eigenvalue weighted by atomic mass is 10.1. The molecule has 0 aliphatic rings. The summed E-state index contributed by atoms with van der Waals surface area (Å²) in [7, 11) is 1.70. The van der Waals surface area contributed by atoms with Gasteiger partial charge in [0.25, 0.3) is 5.56 Å². The summed E-state index contributed by atoms with van der Waals surface area (Å²) in [4.78, 5) is 15.9. The van der Waals surface area contributed by atoms with Crippen molar-refractivity contribution in [2.24, 2.45) is 17.9 Å². The van der Waals surface area contributed by atoms with Crippen molar-refractivity contribution < 1.29 is 0 Å². The van der Waals surface area contributed by atoms with E-state index in [-0.39, 0.29) is 11.1 Å². The lowest BCUT2D eigenvalue weighted by Gasteiger charge is -2.15. The Balaban J connectivity index is 3.20. The molecule has 0 unspecified atom stereocenters. The first-order valence-corrected chi connectivity index (χ1v) is 5.07. The summed E-state index contributed by atoms with van der Waals surface area (Å²) in [6, 6.07) is 3.30. The summed E-state index contributed by atoms with van der Waals surface area (Å²) < 4.78 is 1.49. The monoisotopic (exact) mass is 222 g/mol. The molecule has 0 bridgehead atoms. The zero-order chi connectivity index (χ0) is 12.3. The van der Waals surface area contributed by atoms with Crippen molar-refractivity contribution in [3.8, 4) is 0 Å². The maximum absolute atomic E-state index is 11.5. The number of aliphatic imine (C=N–C) groups is 1. The minimum absolute atomic E-state index is 0.0886. The summed E-state index contributed by atoms with van der Waals surface area (Å²) in [6.45, 7) is 5.89. The summed E-state index contributed by atoms with van der Waals surface area (Å²) in [6.07, 6.45) is 1.69. The van der Waals surface area contributed by atoms with E-state index in [2.05, 4.69) is 10.4 Å². The van der Waals surface area contributed by atoms with E-state index in [0.29, 0.717) is 11.4 Å². The highest BCUT2D eigenvalue weighted by Gasteiger charge is 2.11. The van der Waals surface area contributed by atoms with Gasteiger partial charge >= 0.3 is 0 Å². The largest absolute Gasteiger partial charge is 0.319 e. The number of rotatable bonds is 1. The molecule has 0 saturated carbocycles. The minimum atomic E-state index is -0.247. The number of nitrogens with zero attached hydrogens (tertiary/aromatic N) is 2. The van der Waals surface area contributed by atoms with Gasteiger partial charge in [-0.2, -0.15) is 0 Å². The van der Waals surface area contributed by atoms with Crippen LogP contribution in [0, 0.1) is 0 Å². The minimum Gasteiger partial charge on any atom is -0.319 e. The number of aromatic nitrogens is 1. The zero-order valence-electron chi connectivity index (χ0n) is 10.1. The number of aryl methyl sites for hydroxylation is 1. The van der Waals surface area contributed by atoms with Crippen LogP contribution in [0.3, 0.4) is 0 Å². The maximum atomic E-state index is 11.5. The third-order valence-electron chi connectivity index (χ3n) is 1.96. The number of hydrogen-bond acceptors (Lipinski definition) is 3. The molecule has 0 atom stereocenters. The van der Waals surface area contributed by atoms with Gasteiger partial charge in [0.05, 0.1) is 5.54 Å². The highest BCUT2D eigenvalue weighted by atomic mass is 16.1. The van der Waals surface area contributed by atoms with E-state index in [1.165, 1.54) is 10.6 Å². The van der Waals surface area contributed by atoms with Crippen LogP contribution in [0.1, 0.15) is 26.3 Å². The summed E-state index contributed by atoms with van der Waals surface area (Å²) in [5, 5.41) is 0. The molecular weight excluding hydrogens is 204 g/mol. The number of nitrogens with two attached hydrogens (primary N) is 1. The normalized spacial score (nSPS) is 12.7. The molecule has 1 aromatic heterocycles. The second-order valence-corrected chi connectivity index (χ2v) is 4.64. The second kappa shape index (κ2) is 4.49. The average Bonchev–Trinajstić information content (AvgIpc) is 2.17. The predicted octanol–water partition coefficient (Wildman–Crippen LogP) is 0.394. The van der Waals surface area contributed by atoms with Gasteiger partial charge < -0.3 is 9.99 Å². The van der Waals surface area contributed by atoms with Crippen LogP contribution in [-0.4, -0.2) is 15.9 Å². The molecule has 0 aliphatic carbocycles. The second-order valence-electron chi connectivity index (χ2n) is 4.64. The third-order valence-corrected chi connectivity index (χ3v) is 1.96. The van der Waals surface area contributed by atoms with Gasteiger partial charge in [0.15, 0.2) is 0 Å². The molecule has 1 heterocycles. The molecule has 3 N–H and O–H groups in total. The average molecular weight is 222 g/mol. The van der Waals surface area contributed by atoms with E-state index < -0.39 is 0 Å². The molecule has 0 spiro atoms. The Morgan fingerprint density at radius 2 is 2.12 bits per heavy atom. The number of nitrogens with one attached hydrogen (secondary N) is 1. The van der Waals surface area contributed by atoms with Gasteiger partial charge in [-0.05, 0) is 26.8 Å². The molecule has 5 nitrogen and oxygen atoms in total. The molecule has 0 fully saturated rings. The number of hydrazine groups is 1. The summed E-state index contributed by atoms with van der Waals surface area (Å²) in [5.74, 6) is 5.93. The fourth-order valence-corrected chi connectivity index (χ4v) is 1.21. The number of amidine groups is 1. The van der Waals surface area contributed by atoms with Crippen molar-refractivity contribution in [1.29, 1.82) is 0 Å². The van der Waals surface area contributed by atoms with Gasteiger partial charge in [-0.1, -0.05) is 0 Å². The van der Waals surface area contributed by atoms with Crippen molar-refractivity contribution in [2.75, 3.05) is 0 Å². The highest BCUT2D eigenvalue weighted by Crippen LogP contribution is 2.08. The Hall–Kier alpha value is -1.62. The van der Waals surface area contributed by atoms with Crippen LogP contribution >= 0.6 is 0 Å². The van der Waals surface area contributed by atoms with Gasteiger partial charge in [-0.3, -0.25) is 9.79 Å². The Morgan fingerprint density at radius 1 is 1.50 bits per heavy atom. The molecule has 1 rings (SSSR count). The fraction of sp³-hybridized carbons (Fsp3) is 0.455. The van der Waals surface area contributed by atoms with E-state index in [4.69, 9.17) is 5.84 Å². The third kappa shape index (κ3) is 3.20. The number of hydrogen-bond donors (Lipinski definition) is 2. The summed E-state index contributed by atoms with van der Waals surface area (Å²) in [5.41, 5.74) is 2.88. The van der Waals surface area contributed by atoms with Gasteiger partial charge in [0.2, 0.25) is 0 Å². The number of pyridine rings is 1. The van der Waals surface area contributed by atoms with Crippen LogP contribution < -0.4 is 16.8 Å². The zero-order valence-corrected chi connectivity index (χ0v) is 10.1. The van der Waals surface area contributed by atoms with Crippen molar-refractivity contribution in [1.82, 2.24) is 9.99 Å². The Bertz CT molecular complexity index is 454. The van der Waals surface area contributed by atoms with Gasteiger partial charge in [-0.25, -0.2) is 5.84 Å². The SMILES string of the molecule is Cn1ccc(C(=NC(C)(C)C)NN)cc1=O. The van der Waals surface area contributed by atoms with Crippen molar-refractivity contribution in [3.63, 3.8) is 0 Å². The smallest absolute Gasteiger partial charge is 0.250 e. The lowest BCUT2D eigenvalue weighted by molar-refractivity contribution is 0.580. The van der Waals surface area contributed by atoms with Crippen LogP contribution in [0.2, 0.25) is 0 Å². The molecule has 5 heteroatoms. The highest BCUT2D eigenvalue weighted by molar-refractivity contribution is 5.98. The molecule has 0 aliphatic heterocycles. The molecule has 0 saturated heterocycles. The fourth-order valence-electron chi connectivity index (χ4n) is 1.21. The van der Waals surface area contributed by atoms with Crippen molar-refractivity contribution in [3.05, 3.63) is 34.2 Å². The first-order valence-electron chi connectivity index (χ1n) is 5.07. The predicted molar refractivity (Wildman–Crippen MR) is 65.3 cm³/mol. The first kappa shape index (κ1) is 12.4. The quantitative estimate of drug-likeness (QED) is 0.312. The van der Waals surface area contributed by atoms with E-state index >= 15 is 0 Å². The topological polar surface area (TPSA) is 72.4 Å². The van der Waals surface area contributed by atoms with Crippen LogP contribution in [0.4, 0.5) is 0 Å². The summed E-state index contributed by atoms with van der Waals surface area (Å²) >= 11 is 0. The first-order chi connectivity index (χ1) is 7.33. The van der Waals surface area contributed by atoms with Crippen LogP contribution in [-0.2, 0) is 7.05 Å². The molecule has 0 amide bonds. The lowest BCUT2D eigenvalue weighted by Crippen LogP contribution is -2.34. The van der Waals surface area contributed by atoms with Crippen molar-refractivity contribution in [2.45, 2.75) is 26.3 Å². The van der Waals surface area contributed by atoms with Gasteiger partial charge in [0, 0.05) is 24.9 Å². The van der Waals surface area contributed by atoms with Crippen molar-refractivity contribution >= 4 is 5.84 Å². The van der Waals surface area contributed by atoms with Crippen LogP contribution in [0.15, 0.2) is 28.1 Å². The molecular formula is C11H18N4O. The van der Waals surface area contributed by atoms with Crippen LogP contribution in [0.25, 0.3) is 0 Å². The molecule has 0 aromatic carbocycles.